The molecule has 0 saturated heterocycles. The summed E-state index contributed by atoms with van der Waals surface area (Å²) in [5.74, 6) is 0.871. The Bertz CT molecular complexity index is 4510. The fourth-order valence-electron chi connectivity index (χ4n) is 11.4. The summed E-state index contributed by atoms with van der Waals surface area (Å²) in [5, 5.41) is 7.48. The van der Waals surface area contributed by atoms with Crippen LogP contribution in [0, 0.1) is 0 Å². The van der Waals surface area contributed by atoms with E-state index in [0.717, 1.165) is 72.9 Å². The van der Waals surface area contributed by atoms with Crippen molar-refractivity contribution in [2.45, 2.75) is 0 Å². The van der Waals surface area contributed by atoms with Crippen LogP contribution >= 0.6 is 0 Å². The fourth-order valence-corrected chi connectivity index (χ4v) is 11.4. The molecule has 0 N–H and O–H groups in total. The van der Waals surface area contributed by atoms with Gasteiger partial charge in [-0.1, -0.05) is 121 Å². The molecule has 0 aliphatic heterocycles. The van der Waals surface area contributed by atoms with Crippen molar-refractivity contribution in [3.8, 4) is 73.0 Å². The predicted molar refractivity (Wildman–Crippen MR) is 301 cm³/mol. The highest BCUT2D eigenvalue weighted by Gasteiger charge is 2.22. The van der Waals surface area contributed by atoms with Crippen LogP contribution < -0.4 is 0 Å². The summed E-state index contributed by atoms with van der Waals surface area (Å²) in [6.07, 6.45) is 7.47. The average Bonchev–Trinajstić information content (AvgIpc) is 4.14. The summed E-state index contributed by atoms with van der Waals surface area (Å²) < 4.78 is 7.13. The molecule has 0 unspecified atom stereocenters. The monoisotopic (exact) mass is 930 g/mol. The van der Waals surface area contributed by atoms with Gasteiger partial charge in [-0.3, -0.25) is 14.5 Å². The first-order valence-electron chi connectivity index (χ1n) is 24.7. The first kappa shape index (κ1) is 40.9. The molecule has 0 bridgehead atoms. The van der Waals surface area contributed by atoms with E-state index in [2.05, 4.69) is 242 Å². The maximum atomic E-state index is 5.31. The quantitative estimate of drug-likeness (QED) is 0.143. The average molecular weight is 931 g/mol. The summed E-state index contributed by atoms with van der Waals surface area (Å²) in [6, 6.07) is 83.5. The van der Waals surface area contributed by atoms with Gasteiger partial charge < -0.3 is 9.13 Å². The maximum absolute atomic E-state index is 5.31. The zero-order chi connectivity index (χ0) is 48.0. The number of aromatic nitrogens is 6. The zero-order valence-electron chi connectivity index (χ0n) is 39.4. The van der Waals surface area contributed by atoms with E-state index >= 15 is 0 Å². The number of pyridine rings is 2. The van der Waals surface area contributed by atoms with Crippen LogP contribution in [0.4, 0.5) is 0 Å². The van der Waals surface area contributed by atoms with Crippen LogP contribution in [0.15, 0.2) is 255 Å². The lowest BCUT2D eigenvalue weighted by atomic mass is 9.94. The molecular formula is C67H42N6. The van der Waals surface area contributed by atoms with Gasteiger partial charge in [0, 0.05) is 80.1 Å². The molecule has 0 spiro atoms. The van der Waals surface area contributed by atoms with E-state index in [4.69, 9.17) is 4.98 Å². The van der Waals surface area contributed by atoms with Gasteiger partial charge in [-0.15, -0.1) is 0 Å². The number of hydrogen-bond acceptors (Lipinski definition) is 3. The van der Waals surface area contributed by atoms with Gasteiger partial charge in [-0.2, -0.15) is 0 Å². The van der Waals surface area contributed by atoms with Crippen LogP contribution in [-0.2, 0) is 0 Å². The van der Waals surface area contributed by atoms with Gasteiger partial charge in [-0.25, -0.2) is 4.98 Å². The molecule has 0 saturated carbocycles. The van der Waals surface area contributed by atoms with Gasteiger partial charge in [0.1, 0.15) is 5.82 Å². The number of hydrogen-bond donors (Lipinski definition) is 0. The van der Waals surface area contributed by atoms with E-state index in [-0.39, 0.29) is 0 Å². The van der Waals surface area contributed by atoms with Crippen molar-refractivity contribution in [2.24, 2.45) is 0 Å². The molecule has 0 amide bonds. The van der Waals surface area contributed by atoms with Gasteiger partial charge in [0.15, 0.2) is 0 Å². The standard InChI is InChI=1S/C67H42N6/c1-3-15-54(16-4-1)71-60-21-9-7-19-57(60)58-38-45(29-30-61(58)71)53-34-47-28-27-46-33-52(39-63-65(46)66(47)64(40-53)72(63)55-17-5-2-6-18-55)43-23-25-44(26-24-43)67-70-59-20-8-10-22-62(59)73(67)56-36-50(48-13-11-31-68-41-48)35-51(37-56)49-14-12-32-69-42-49/h1-42H. The lowest BCUT2D eigenvalue weighted by molar-refractivity contribution is 1.10. The smallest absolute Gasteiger partial charge is 0.145 e. The van der Waals surface area contributed by atoms with Gasteiger partial charge in [0.2, 0.25) is 0 Å². The lowest BCUT2D eigenvalue weighted by Crippen LogP contribution is -1.99. The highest BCUT2D eigenvalue weighted by atomic mass is 15.1. The van der Waals surface area contributed by atoms with Crippen LogP contribution in [0.3, 0.4) is 0 Å². The van der Waals surface area contributed by atoms with Crippen LogP contribution in [0.2, 0.25) is 0 Å². The second kappa shape index (κ2) is 16.3. The van der Waals surface area contributed by atoms with Crippen molar-refractivity contribution in [3.63, 3.8) is 0 Å². The molecule has 73 heavy (non-hydrogen) atoms. The minimum absolute atomic E-state index is 0.871. The van der Waals surface area contributed by atoms with Crippen molar-refractivity contribution in [2.75, 3.05) is 0 Å². The first-order chi connectivity index (χ1) is 36.2. The summed E-state index contributed by atoms with van der Waals surface area (Å²) in [4.78, 5) is 14.2. The van der Waals surface area contributed by atoms with E-state index in [9.17, 15) is 0 Å². The Kier molecular flexibility index (Phi) is 9.16. The molecular weight excluding hydrogens is 889 g/mol. The third-order valence-electron chi connectivity index (χ3n) is 14.7. The van der Waals surface area contributed by atoms with E-state index in [1.807, 2.05) is 36.9 Å². The van der Waals surface area contributed by atoms with Gasteiger partial charge in [-0.05, 0) is 153 Å². The van der Waals surface area contributed by atoms with E-state index in [1.165, 1.54) is 65.5 Å². The van der Waals surface area contributed by atoms with Crippen molar-refractivity contribution in [1.29, 1.82) is 0 Å². The number of imidazole rings is 1. The van der Waals surface area contributed by atoms with E-state index in [1.54, 1.807) is 0 Å². The Morgan fingerprint density at radius 2 is 0.795 bits per heavy atom. The molecule has 0 aliphatic rings. The van der Waals surface area contributed by atoms with Crippen LogP contribution in [-0.4, -0.2) is 28.7 Å². The Morgan fingerprint density at radius 1 is 0.274 bits per heavy atom. The van der Waals surface area contributed by atoms with Crippen LogP contribution in [0.1, 0.15) is 0 Å². The first-order valence-corrected chi connectivity index (χ1v) is 24.7. The molecule has 10 aromatic carbocycles. The van der Waals surface area contributed by atoms with Crippen LogP contribution in [0.25, 0.3) is 138 Å². The minimum Gasteiger partial charge on any atom is -0.309 e. The van der Waals surface area contributed by atoms with Crippen LogP contribution in [0.5, 0.6) is 0 Å². The molecule has 6 nitrogen and oxygen atoms in total. The predicted octanol–water partition coefficient (Wildman–Crippen LogP) is 16.9. The summed E-state index contributed by atoms with van der Waals surface area (Å²) in [6.45, 7) is 0. The van der Waals surface area contributed by atoms with Gasteiger partial charge >= 0.3 is 0 Å². The zero-order valence-corrected chi connectivity index (χ0v) is 39.4. The second-order valence-corrected chi connectivity index (χ2v) is 18.9. The highest BCUT2D eigenvalue weighted by molar-refractivity contribution is 6.26. The molecule has 340 valence electrons. The molecule has 0 radical (unpaired) electrons. The fraction of sp³-hybridized carbons (Fsp3) is 0. The van der Waals surface area contributed by atoms with E-state index in [0.29, 0.717) is 0 Å². The molecule has 5 aromatic heterocycles. The van der Waals surface area contributed by atoms with Gasteiger partial charge in [0.25, 0.3) is 0 Å². The Morgan fingerprint density at radius 3 is 1.42 bits per heavy atom. The third kappa shape index (κ3) is 6.62. The number of rotatable bonds is 8. The highest BCUT2D eigenvalue weighted by Crippen LogP contribution is 2.45. The molecule has 5 heterocycles. The molecule has 0 aliphatic carbocycles. The van der Waals surface area contributed by atoms with Gasteiger partial charge in [0.05, 0.1) is 33.1 Å². The SMILES string of the molecule is c1ccc(-n2c3ccccc3c3cc(-c4cc5ccc6cc(-c7ccc(-c8nc9ccccc9n8-c8cc(-c9cccnc9)cc(-c9cccnc9)c8)cc7)cc7c6c5c(c4)n7-c4ccccc4)ccc32)cc1. The number of benzene rings is 10. The molecule has 0 fully saturated rings. The number of nitrogens with zero attached hydrogens (tertiary/aromatic N) is 6. The Labute approximate surface area is 420 Å². The molecule has 0 atom stereocenters. The molecule has 15 rings (SSSR count). The third-order valence-corrected chi connectivity index (χ3v) is 14.7. The largest absolute Gasteiger partial charge is 0.309 e. The maximum Gasteiger partial charge on any atom is 0.145 e. The molecule has 6 heteroatoms. The summed E-state index contributed by atoms with van der Waals surface area (Å²) >= 11 is 0. The Balaban J connectivity index is 0.868. The molecule has 15 aromatic rings. The van der Waals surface area contributed by atoms with Crippen molar-refractivity contribution in [3.05, 3.63) is 255 Å². The lowest BCUT2D eigenvalue weighted by Gasteiger charge is -2.15. The van der Waals surface area contributed by atoms with Crippen molar-refractivity contribution >= 4 is 65.4 Å². The topological polar surface area (TPSA) is 53.5 Å². The Hall–Kier alpha value is -9.91. The van der Waals surface area contributed by atoms with E-state index < -0.39 is 0 Å². The number of fused-ring (bicyclic) bond motifs is 4. The van der Waals surface area contributed by atoms with Crippen molar-refractivity contribution < 1.29 is 0 Å². The van der Waals surface area contributed by atoms with Crippen molar-refractivity contribution in [1.82, 2.24) is 28.7 Å². The second-order valence-electron chi connectivity index (χ2n) is 18.9. The normalized spacial score (nSPS) is 11.8. The summed E-state index contributed by atoms with van der Waals surface area (Å²) in [7, 11) is 0. The number of para-hydroxylation sites is 5. The summed E-state index contributed by atoms with van der Waals surface area (Å²) in [5.41, 5.74) is 19.9. The minimum atomic E-state index is 0.871.